The molecule has 1 saturated heterocycles. The Kier molecular flexibility index (Phi) is 6.45. The molecule has 4 nitrogen and oxygen atoms in total. The van der Waals surface area contributed by atoms with Gasteiger partial charge in [0.2, 0.25) is 0 Å². The van der Waals surface area contributed by atoms with Gasteiger partial charge >= 0.3 is 0 Å². The van der Waals surface area contributed by atoms with Crippen LogP contribution in [0.25, 0.3) is 0 Å². The smallest absolute Gasteiger partial charge is 0.258 e. The summed E-state index contributed by atoms with van der Waals surface area (Å²) in [5.74, 6) is 1.33. The number of ether oxygens (including phenoxy) is 2. The summed E-state index contributed by atoms with van der Waals surface area (Å²) in [6.07, 6.45) is 4.13. The molecule has 0 unspecified atom stereocenters. The van der Waals surface area contributed by atoms with Crippen LogP contribution in [0.5, 0.6) is 11.6 Å². The average Bonchev–Trinajstić information content (AvgIpc) is 2.32. The normalized spacial score (nSPS) is 23.1. The second kappa shape index (κ2) is 7.35. The number of halogens is 2. The SMILES string of the molecule is COc1c(I)ccnc1O[C@@H]1CC[C@@H](C)NC1.Cl. The van der Waals surface area contributed by atoms with Crippen LogP contribution in [0.15, 0.2) is 12.3 Å². The van der Waals surface area contributed by atoms with E-state index in [1.165, 1.54) is 0 Å². The van der Waals surface area contributed by atoms with Gasteiger partial charge in [0.15, 0.2) is 5.75 Å². The fourth-order valence-electron chi connectivity index (χ4n) is 1.91. The van der Waals surface area contributed by atoms with Crippen molar-refractivity contribution in [2.45, 2.75) is 31.9 Å². The topological polar surface area (TPSA) is 43.4 Å². The molecular formula is C12H18ClIN2O2. The number of methoxy groups -OCH3 is 1. The molecule has 0 radical (unpaired) electrons. The Morgan fingerprint density at radius 2 is 2.22 bits per heavy atom. The number of nitrogens with zero attached hydrogens (tertiary/aromatic N) is 1. The summed E-state index contributed by atoms with van der Waals surface area (Å²) in [7, 11) is 1.65. The Bertz CT molecular complexity index is 384. The van der Waals surface area contributed by atoms with E-state index < -0.39 is 0 Å². The van der Waals surface area contributed by atoms with Crippen LogP contribution < -0.4 is 14.8 Å². The van der Waals surface area contributed by atoms with Crippen molar-refractivity contribution in [3.63, 3.8) is 0 Å². The highest BCUT2D eigenvalue weighted by Crippen LogP contribution is 2.30. The Morgan fingerprint density at radius 3 is 2.83 bits per heavy atom. The first-order valence-corrected chi connectivity index (χ1v) is 6.87. The van der Waals surface area contributed by atoms with Crippen LogP contribution in [-0.2, 0) is 0 Å². The molecule has 1 N–H and O–H groups in total. The molecule has 1 aliphatic heterocycles. The zero-order chi connectivity index (χ0) is 12.3. The van der Waals surface area contributed by atoms with Gasteiger partial charge in [0, 0.05) is 18.8 Å². The highest BCUT2D eigenvalue weighted by atomic mass is 127. The molecule has 2 heterocycles. The number of pyridine rings is 1. The van der Waals surface area contributed by atoms with Crippen molar-refractivity contribution in [3.8, 4) is 11.6 Å². The summed E-state index contributed by atoms with van der Waals surface area (Å²) in [6, 6.07) is 2.49. The summed E-state index contributed by atoms with van der Waals surface area (Å²) in [5, 5.41) is 3.41. The third-order valence-electron chi connectivity index (χ3n) is 2.92. The average molecular weight is 385 g/mol. The Hall–Kier alpha value is -0.270. The highest BCUT2D eigenvalue weighted by molar-refractivity contribution is 14.1. The van der Waals surface area contributed by atoms with E-state index >= 15 is 0 Å². The number of piperidine rings is 1. The Morgan fingerprint density at radius 1 is 1.44 bits per heavy atom. The van der Waals surface area contributed by atoms with E-state index in [-0.39, 0.29) is 18.5 Å². The summed E-state index contributed by atoms with van der Waals surface area (Å²) < 4.78 is 12.2. The van der Waals surface area contributed by atoms with Gasteiger partial charge in [0.25, 0.3) is 5.88 Å². The minimum absolute atomic E-state index is 0. The first-order valence-electron chi connectivity index (χ1n) is 5.79. The van der Waals surface area contributed by atoms with E-state index in [1.54, 1.807) is 13.3 Å². The third kappa shape index (κ3) is 3.86. The largest absolute Gasteiger partial charge is 0.490 e. The lowest BCUT2D eigenvalue weighted by molar-refractivity contribution is 0.141. The van der Waals surface area contributed by atoms with Gasteiger partial charge in [-0.3, -0.25) is 0 Å². The quantitative estimate of drug-likeness (QED) is 0.814. The summed E-state index contributed by atoms with van der Waals surface area (Å²) >= 11 is 2.22. The highest BCUT2D eigenvalue weighted by Gasteiger charge is 2.21. The number of aromatic nitrogens is 1. The number of rotatable bonds is 3. The van der Waals surface area contributed by atoms with Gasteiger partial charge in [0.05, 0.1) is 10.7 Å². The Labute approximate surface area is 127 Å². The van der Waals surface area contributed by atoms with Crippen LogP contribution in [0.1, 0.15) is 19.8 Å². The molecule has 0 saturated carbocycles. The van der Waals surface area contributed by atoms with Crippen LogP contribution in [0, 0.1) is 3.57 Å². The van der Waals surface area contributed by atoms with Crippen molar-refractivity contribution in [1.29, 1.82) is 0 Å². The second-order valence-electron chi connectivity index (χ2n) is 4.26. The van der Waals surface area contributed by atoms with Gasteiger partial charge in [-0.25, -0.2) is 4.98 Å². The van der Waals surface area contributed by atoms with Gasteiger partial charge < -0.3 is 14.8 Å². The summed E-state index contributed by atoms with van der Waals surface area (Å²) in [6.45, 7) is 3.07. The standard InChI is InChI=1S/C12H17IN2O2.ClH/c1-8-3-4-9(7-15-8)17-12-11(16-2)10(13)5-6-14-12;/h5-6,8-9,15H,3-4,7H2,1-2H3;1H/t8-,9-;/m1./s1. The maximum absolute atomic E-state index is 5.90. The van der Waals surface area contributed by atoms with Crippen LogP contribution in [0.4, 0.5) is 0 Å². The van der Waals surface area contributed by atoms with E-state index in [2.05, 4.69) is 39.8 Å². The maximum atomic E-state index is 5.90. The first kappa shape index (κ1) is 15.8. The van der Waals surface area contributed by atoms with Gasteiger partial charge in [-0.1, -0.05) is 0 Å². The van der Waals surface area contributed by atoms with Crippen molar-refractivity contribution in [2.75, 3.05) is 13.7 Å². The zero-order valence-corrected chi connectivity index (χ0v) is 13.5. The number of nitrogens with one attached hydrogen (secondary N) is 1. The van der Waals surface area contributed by atoms with Crippen molar-refractivity contribution in [3.05, 3.63) is 15.8 Å². The van der Waals surface area contributed by atoms with Crippen molar-refractivity contribution < 1.29 is 9.47 Å². The summed E-state index contributed by atoms with van der Waals surface area (Å²) in [4.78, 5) is 4.24. The molecule has 18 heavy (non-hydrogen) atoms. The zero-order valence-electron chi connectivity index (χ0n) is 10.5. The molecule has 0 aliphatic carbocycles. The molecule has 1 fully saturated rings. The minimum atomic E-state index is 0. The van der Waals surface area contributed by atoms with E-state index in [9.17, 15) is 0 Å². The van der Waals surface area contributed by atoms with Crippen LogP contribution in [-0.4, -0.2) is 30.8 Å². The third-order valence-corrected chi connectivity index (χ3v) is 3.77. The molecule has 1 aromatic heterocycles. The molecular weight excluding hydrogens is 367 g/mol. The lowest BCUT2D eigenvalue weighted by atomic mass is 10.0. The van der Waals surface area contributed by atoms with E-state index in [0.29, 0.717) is 11.9 Å². The van der Waals surface area contributed by atoms with Crippen LogP contribution in [0.2, 0.25) is 0 Å². The van der Waals surface area contributed by atoms with Crippen molar-refractivity contribution in [2.24, 2.45) is 0 Å². The molecule has 0 bridgehead atoms. The lowest BCUT2D eigenvalue weighted by Gasteiger charge is -2.28. The summed E-state index contributed by atoms with van der Waals surface area (Å²) in [5.41, 5.74) is 0. The lowest BCUT2D eigenvalue weighted by Crippen LogP contribution is -2.42. The number of hydrogen-bond acceptors (Lipinski definition) is 4. The van der Waals surface area contributed by atoms with E-state index in [1.807, 2.05) is 6.07 Å². The molecule has 0 aromatic carbocycles. The molecule has 2 rings (SSSR count). The fourth-order valence-corrected chi connectivity index (χ4v) is 2.52. The monoisotopic (exact) mass is 384 g/mol. The van der Waals surface area contributed by atoms with E-state index in [0.717, 1.165) is 28.7 Å². The Balaban J connectivity index is 0.00000162. The predicted octanol–water partition coefficient (Wildman–Crippen LogP) is 2.64. The first-order chi connectivity index (χ1) is 8.20. The molecule has 0 amide bonds. The molecule has 1 aromatic rings. The second-order valence-corrected chi connectivity index (χ2v) is 5.42. The maximum Gasteiger partial charge on any atom is 0.258 e. The van der Waals surface area contributed by atoms with Crippen LogP contribution >= 0.6 is 35.0 Å². The minimum Gasteiger partial charge on any atom is -0.490 e. The number of hydrogen-bond donors (Lipinski definition) is 1. The van der Waals surface area contributed by atoms with Gasteiger partial charge in [-0.2, -0.15) is 0 Å². The molecule has 102 valence electrons. The van der Waals surface area contributed by atoms with Crippen molar-refractivity contribution in [1.82, 2.24) is 10.3 Å². The molecule has 2 atom stereocenters. The predicted molar refractivity (Wildman–Crippen MR) is 81.9 cm³/mol. The van der Waals surface area contributed by atoms with Gasteiger partial charge in [0.1, 0.15) is 6.10 Å². The van der Waals surface area contributed by atoms with E-state index in [4.69, 9.17) is 9.47 Å². The van der Waals surface area contributed by atoms with Gasteiger partial charge in [-0.15, -0.1) is 12.4 Å². The van der Waals surface area contributed by atoms with Gasteiger partial charge in [-0.05, 0) is 48.4 Å². The van der Waals surface area contributed by atoms with Crippen LogP contribution in [0.3, 0.4) is 0 Å². The van der Waals surface area contributed by atoms with Crippen molar-refractivity contribution >= 4 is 35.0 Å². The molecule has 1 aliphatic rings. The molecule has 6 heteroatoms. The fraction of sp³-hybridized carbons (Fsp3) is 0.583. The molecule has 0 spiro atoms.